The molecule has 0 saturated carbocycles. The van der Waals surface area contributed by atoms with Crippen molar-refractivity contribution in [3.8, 4) is 0 Å². The summed E-state index contributed by atoms with van der Waals surface area (Å²) in [6.45, 7) is 2.27. The number of hydrogen-bond acceptors (Lipinski definition) is 1. The van der Waals surface area contributed by atoms with Gasteiger partial charge in [-0.2, -0.15) is 0 Å². The van der Waals surface area contributed by atoms with Crippen LogP contribution in [0.25, 0.3) is 0 Å². The van der Waals surface area contributed by atoms with Crippen LogP contribution in [0.15, 0.2) is 24.3 Å². The minimum absolute atomic E-state index is 0.439. The summed E-state index contributed by atoms with van der Waals surface area (Å²) in [4.78, 5) is 0. The lowest BCUT2D eigenvalue weighted by Crippen LogP contribution is -2.16. The molecule has 0 bridgehead atoms. The van der Waals surface area contributed by atoms with E-state index in [0.29, 0.717) is 6.04 Å². The highest BCUT2D eigenvalue weighted by atomic mass is 35.5. The van der Waals surface area contributed by atoms with E-state index in [1.807, 2.05) is 19.2 Å². The number of benzene rings is 1. The summed E-state index contributed by atoms with van der Waals surface area (Å²) in [5.74, 6) is 0. The summed E-state index contributed by atoms with van der Waals surface area (Å²) in [6, 6.07) is 8.66. The van der Waals surface area contributed by atoms with Crippen LogP contribution in [-0.4, -0.2) is 7.05 Å². The Morgan fingerprint density at radius 3 is 2.25 bits per heavy atom. The van der Waals surface area contributed by atoms with E-state index in [1.54, 1.807) is 0 Å². The largest absolute Gasteiger partial charge is 0.313 e. The first-order valence-corrected chi connectivity index (χ1v) is 8.58. The minimum atomic E-state index is 0.439. The molecule has 114 valence electrons. The molecule has 0 radical (unpaired) electrons. The highest BCUT2D eigenvalue weighted by Gasteiger charge is 2.08. The van der Waals surface area contributed by atoms with Crippen LogP contribution in [-0.2, 0) is 0 Å². The monoisotopic (exact) mass is 295 g/mol. The van der Waals surface area contributed by atoms with Gasteiger partial charge in [0.2, 0.25) is 0 Å². The van der Waals surface area contributed by atoms with Gasteiger partial charge in [0.05, 0.1) is 0 Å². The third-order valence-electron chi connectivity index (χ3n) is 3.95. The van der Waals surface area contributed by atoms with Crippen LogP contribution in [0.3, 0.4) is 0 Å². The van der Waals surface area contributed by atoms with Gasteiger partial charge in [0.25, 0.3) is 0 Å². The summed E-state index contributed by atoms with van der Waals surface area (Å²) < 4.78 is 0. The number of halogens is 1. The fourth-order valence-corrected chi connectivity index (χ4v) is 2.88. The smallest absolute Gasteiger partial charge is 0.0409 e. The van der Waals surface area contributed by atoms with E-state index in [9.17, 15) is 0 Å². The molecule has 1 rings (SSSR count). The van der Waals surface area contributed by atoms with Gasteiger partial charge in [0.1, 0.15) is 0 Å². The third kappa shape index (κ3) is 7.31. The second-order valence-electron chi connectivity index (χ2n) is 5.66. The Morgan fingerprint density at radius 2 is 1.65 bits per heavy atom. The van der Waals surface area contributed by atoms with Gasteiger partial charge >= 0.3 is 0 Å². The van der Waals surface area contributed by atoms with Crippen molar-refractivity contribution in [2.45, 2.75) is 70.8 Å². The summed E-state index contributed by atoms with van der Waals surface area (Å²) >= 11 is 6.06. The highest BCUT2D eigenvalue weighted by molar-refractivity contribution is 6.30. The maximum Gasteiger partial charge on any atom is 0.0409 e. The van der Waals surface area contributed by atoms with Crippen LogP contribution in [0.2, 0.25) is 5.02 Å². The number of hydrogen-bond donors (Lipinski definition) is 1. The van der Waals surface area contributed by atoms with Crippen LogP contribution >= 0.6 is 11.6 Å². The molecule has 0 fully saturated rings. The zero-order chi connectivity index (χ0) is 14.6. The predicted octanol–water partition coefficient (Wildman–Crippen LogP) is 6.13. The van der Waals surface area contributed by atoms with E-state index < -0.39 is 0 Å². The van der Waals surface area contributed by atoms with Crippen molar-refractivity contribution in [2.75, 3.05) is 7.05 Å². The first-order valence-electron chi connectivity index (χ1n) is 8.20. The third-order valence-corrected chi connectivity index (χ3v) is 4.18. The van der Waals surface area contributed by atoms with Gasteiger partial charge in [0.15, 0.2) is 0 Å². The van der Waals surface area contributed by atoms with Gasteiger partial charge in [-0.3, -0.25) is 0 Å². The standard InChI is InChI=1S/C18H30ClN/c1-3-4-5-6-7-8-9-10-14-18(20-2)16-12-11-13-17(19)15-16/h11-13,15,18,20H,3-10,14H2,1-2H3. The quantitative estimate of drug-likeness (QED) is 0.484. The molecule has 0 saturated heterocycles. The summed E-state index contributed by atoms with van der Waals surface area (Å²) in [5.41, 5.74) is 1.31. The lowest BCUT2D eigenvalue weighted by Gasteiger charge is -2.16. The SMILES string of the molecule is CCCCCCCCCCC(NC)c1cccc(Cl)c1. The van der Waals surface area contributed by atoms with Crippen molar-refractivity contribution in [3.63, 3.8) is 0 Å². The van der Waals surface area contributed by atoms with Gasteiger partial charge in [-0.25, -0.2) is 0 Å². The zero-order valence-corrected chi connectivity index (χ0v) is 13.9. The Kier molecular flexibility index (Phi) is 9.78. The van der Waals surface area contributed by atoms with Gasteiger partial charge in [-0.05, 0) is 31.2 Å². The molecule has 1 aromatic carbocycles. The van der Waals surface area contributed by atoms with Gasteiger partial charge < -0.3 is 5.32 Å². The maximum absolute atomic E-state index is 6.06. The summed E-state index contributed by atoms with van der Waals surface area (Å²) in [6.07, 6.45) is 12.2. The Hall–Kier alpha value is -0.530. The molecule has 0 aliphatic rings. The molecule has 0 aliphatic heterocycles. The topological polar surface area (TPSA) is 12.0 Å². The average molecular weight is 296 g/mol. The molecule has 0 amide bonds. The molecule has 20 heavy (non-hydrogen) atoms. The van der Waals surface area contributed by atoms with E-state index in [0.717, 1.165) is 5.02 Å². The Bertz CT molecular complexity index is 351. The molecule has 0 aromatic heterocycles. The van der Waals surface area contributed by atoms with Crippen molar-refractivity contribution in [1.82, 2.24) is 5.32 Å². The van der Waals surface area contributed by atoms with Crippen LogP contribution < -0.4 is 5.32 Å². The fraction of sp³-hybridized carbons (Fsp3) is 0.667. The van der Waals surface area contributed by atoms with Gasteiger partial charge in [0, 0.05) is 11.1 Å². The molecule has 0 heterocycles. The second kappa shape index (κ2) is 11.2. The van der Waals surface area contributed by atoms with E-state index in [1.165, 1.54) is 63.4 Å². The maximum atomic E-state index is 6.06. The van der Waals surface area contributed by atoms with E-state index in [-0.39, 0.29) is 0 Å². The number of unbranched alkanes of at least 4 members (excludes halogenated alkanes) is 7. The van der Waals surface area contributed by atoms with E-state index >= 15 is 0 Å². The van der Waals surface area contributed by atoms with Crippen LogP contribution in [0.5, 0.6) is 0 Å². The molecule has 1 N–H and O–H groups in total. The van der Waals surface area contributed by atoms with Crippen molar-refractivity contribution in [1.29, 1.82) is 0 Å². The molecule has 1 nitrogen and oxygen atoms in total. The van der Waals surface area contributed by atoms with Crippen LogP contribution in [0, 0.1) is 0 Å². The first-order chi connectivity index (χ1) is 9.77. The van der Waals surface area contributed by atoms with Gasteiger partial charge in [-0.15, -0.1) is 0 Å². The fourth-order valence-electron chi connectivity index (χ4n) is 2.68. The molecular weight excluding hydrogens is 266 g/mol. The highest BCUT2D eigenvalue weighted by Crippen LogP contribution is 2.22. The number of rotatable bonds is 11. The van der Waals surface area contributed by atoms with Crippen molar-refractivity contribution < 1.29 is 0 Å². The Morgan fingerprint density at radius 1 is 1.00 bits per heavy atom. The zero-order valence-electron chi connectivity index (χ0n) is 13.1. The summed E-state index contributed by atoms with van der Waals surface area (Å²) in [7, 11) is 2.04. The van der Waals surface area contributed by atoms with Crippen LogP contribution in [0.1, 0.15) is 76.3 Å². The molecule has 1 aromatic rings. The lowest BCUT2D eigenvalue weighted by atomic mass is 9.99. The average Bonchev–Trinajstić information content (AvgIpc) is 2.46. The Labute approximate surface area is 130 Å². The number of nitrogens with one attached hydrogen (secondary N) is 1. The van der Waals surface area contributed by atoms with Crippen molar-refractivity contribution >= 4 is 11.6 Å². The normalized spacial score (nSPS) is 12.6. The molecule has 0 spiro atoms. The molecule has 1 unspecified atom stereocenters. The minimum Gasteiger partial charge on any atom is -0.313 e. The molecule has 1 atom stereocenters. The summed E-state index contributed by atoms with van der Waals surface area (Å²) in [5, 5.41) is 4.24. The Balaban J connectivity index is 2.16. The first kappa shape index (κ1) is 17.5. The van der Waals surface area contributed by atoms with E-state index in [2.05, 4.69) is 24.4 Å². The molecular formula is C18H30ClN. The van der Waals surface area contributed by atoms with E-state index in [4.69, 9.17) is 11.6 Å². The molecule has 2 heteroatoms. The molecule has 0 aliphatic carbocycles. The second-order valence-corrected chi connectivity index (χ2v) is 6.10. The van der Waals surface area contributed by atoms with Crippen LogP contribution in [0.4, 0.5) is 0 Å². The predicted molar refractivity (Wildman–Crippen MR) is 90.5 cm³/mol. The van der Waals surface area contributed by atoms with Crippen molar-refractivity contribution in [3.05, 3.63) is 34.9 Å². The van der Waals surface area contributed by atoms with Gasteiger partial charge in [-0.1, -0.05) is 82.0 Å². The lowest BCUT2D eigenvalue weighted by molar-refractivity contribution is 0.494. The van der Waals surface area contributed by atoms with Crippen molar-refractivity contribution in [2.24, 2.45) is 0 Å².